The first-order valence-corrected chi connectivity index (χ1v) is 6.46. The Morgan fingerprint density at radius 2 is 1.65 bits per heavy atom. The Bertz CT molecular complexity index is 683. The van der Waals surface area contributed by atoms with Crippen molar-refractivity contribution >= 4 is 23.5 Å². The van der Waals surface area contributed by atoms with Crippen LogP contribution >= 0.6 is 0 Å². The number of hydrogen-bond acceptors (Lipinski definition) is 8. The van der Waals surface area contributed by atoms with E-state index in [1.807, 2.05) is 0 Å². The van der Waals surface area contributed by atoms with Crippen LogP contribution in [0.25, 0.3) is 0 Å². The number of ether oxygens (including phenoxy) is 1. The van der Waals surface area contributed by atoms with E-state index in [4.69, 9.17) is 9.84 Å². The van der Waals surface area contributed by atoms with E-state index in [-0.39, 0.29) is 12.0 Å². The van der Waals surface area contributed by atoms with Crippen LogP contribution < -0.4 is 0 Å². The standard InChI is InChI=1S/C14H12O9/c15-7-2-6(3-8(16)11(7)18)14(22)23-10-4-5(13(20)21)1-9(17)12(10)19/h2-3,5,10,15-16,18H,1,4H2,(H,20,21). The number of phenols is 3. The maximum Gasteiger partial charge on any atom is 0.339 e. The summed E-state index contributed by atoms with van der Waals surface area (Å²) in [4.78, 5) is 46.0. The summed E-state index contributed by atoms with van der Waals surface area (Å²) < 4.78 is 4.81. The van der Waals surface area contributed by atoms with Gasteiger partial charge in [-0.1, -0.05) is 0 Å². The summed E-state index contributed by atoms with van der Waals surface area (Å²) >= 11 is 0. The Labute approximate surface area is 128 Å². The van der Waals surface area contributed by atoms with Gasteiger partial charge in [-0.3, -0.25) is 14.4 Å². The molecule has 0 radical (unpaired) electrons. The van der Waals surface area contributed by atoms with Crippen LogP contribution in [0.1, 0.15) is 23.2 Å². The molecular formula is C14H12O9. The second kappa shape index (κ2) is 5.95. The fraction of sp³-hybridized carbons (Fsp3) is 0.286. The molecule has 9 nitrogen and oxygen atoms in total. The molecule has 0 heterocycles. The van der Waals surface area contributed by atoms with Crippen LogP contribution in [0.2, 0.25) is 0 Å². The highest BCUT2D eigenvalue weighted by Gasteiger charge is 2.40. The van der Waals surface area contributed by atoms with Crippen LogP contribution in [-0.4, -0.2) is 50.0 Å². The summed E-state index contributed by atoms with van der Waals surface area (Å²) in [6, 6.07) is 1.59. The molecule has 1 aromatic rings. The molecule has 2 rings (SSSR count). The number of ketones is 2. The van der Waals surface area contributed by atoms with E-state index in [1.54, 1.807) is 0 Å². The molecule has 2 atom stereocenters. The summed E-state index contributed by atoms with van der Waals surface area (Å²) in [6.07, 6.45) is -2.35. The molecule has 1 aromatic carbocycles. The molecule has 1 fully saturated rings. The average molecular weight is 324 g/mol. The minimum absolute atomic E-state index is 0.346. The van der Waals surface area contributed by atoms with Gasteiger partial charge in [-0.25, -0.2) is 4.79 Å². The molecule has 0 spiro atoms. The van der Waals surface area contributed by atoms with Gasteiger partial charge in [0, 0.05) is 12.8 Å². The minimum atomic E-state index is -1.55. The van der Waals surface area contributed by atoms with Gasteiger partial charge in [0.1, 0.15) is 0 Å². The molecule has 4 N–H and O–H groups in total. The van der Waals surface area contributed by atoms with E-state index in [0.29, 0.717) is 0 Å². The third-order valence-electron chi connectivity index (χ3n) is 3.40. The normalized spacial score (nSPS) is 21.0. The number of carbonyl (C=O) groups excluding carboxylic acids is 3. The quantitative estimate of drug-likeness (QED) is 0.340. The SMILES string of the molecule is O=C1CC(C(=O)O)CC(OC(=O)c2cc(O)c(O)c(O)c2)C1=O. The number of carboxylic acids is 1. The summed E-state index contributed by atoms with van der Waals surface area (Å²) in [5.74, 6) is -7.95. The predicted molar refractivity (Wildman–Crippen MR) is 71.0 cm³/mol. The Hall–Kier alpha value is -3.10. The molecule has 122 valence electrons. The maximum absolute atomic E-state index is 11.9. The first-order chi connectivity index (χ1) is 10.7. The van der Waals surface area contributed by atoms with E-state index < -0.39 is 59.2 Å². The van der Waals surface area contributed by atoms with Crippen molar-refractivity contribution in [1.82, 2.24) is 0 Å². The monoisotopic (exact) mass is 324 g/mol. The largest absolute Gasteiger partial charge is 0.504 e. The maximum atomic E-state index is 11.9. The van der Waals surface area contributed by atoms with Crippen LogP contribution in [0.5, 0.6) is 17.2 Å². The molecular weight excluding hydrogens is 312 g/mol. The number of benzene rings is 1. The van der Waals surface area contributed by atoms with Gasteiger partial charge < -0.3 is 25.2 Å². The molecule has 9 heteroatoms. The lowest BCUT2D eigenvalue weighted by molar-refractivity contribution is -0.153. The summed E-state index contributed by atoms with van der Waals surface area (Å²) in [5.41, 5.74) is -0.379. The number of carboxylic acid groups (broad SMARTS) is 1. The number of rotatable bonds is 3. The number of aromatic hydroxyl groups is 3. The summed E-state index contributed by atoms with van der Waals surface area (Å²) in [5, 5.41) is 36.8. The molecule has 2 unspecified atom stereocenters. The molecule has 0 aliphatic heterocycles. The fourth-order valence-electron chi connectivity index (χ4n) is 2.16. The highest BCUT2D eigenvalue weighted by molar-refractivity contribution is 6.40. The Balaban J connectivity index is 2.20. The molecule has 0 aromatic heterocycles. The van der Waals surface area contributed by atoms with E-state index in [9.17, 15) is 34.5 Å². The number of aliphatic carboxylic acids is 1. The summed E-state index contributed by atoms with van der Waals surface area (Å²) in [6.45, 7) is 0. The van der Waals surface area contributed by atoms with E-state index in [2.05, 4.69) is 0 Å². The van der Waals surface area contributed by atoms with Crippen molar-refractivity contribution < 1.29 is 44.3 Å². The van der Waals surface area contributed by atoms with Crippen LogP contribution in [0.3, 0.4) is 0 Å². The smallest absolute Gasteiger partial charge is 0.339 e. The van der Waals surface area contributed by atoms with Crippen LogP contribution in [0.15, 0.2) is 12.1 Å². The van der Waals surface area contributed by atoms with Gasteiger partial charge in [-0.05, 0) is 12.1 Å². The Morgan fingerprint density at radius 3 is 2.17 bits per heavy atom. The van der Waals surface area contributed by atoms with Crippen molar-refractivity contribution in [3.05, 3.63) is 17.7 Å². The molecule has 0 saturated heterocycles. The van der Waals surface area contributed by atoms with Crippen molar-refractivity contribution in [2.75, 3.05) is 0 Å². The molecule has 1 saturated carbocycles. The molecule has 0 amide bonds. The lowest BCUT2D eigenvalue weighted by atomic mass is 9.85. The number of phenolic OH excluding ortho intramolecular Hbond substituents is 3. The van der Waals surface area contributed by atoms with Gasteiger partial charge in [-0.2, -0.15) is 0 Å². The number of esters is 1. The Morgan fingerprint density at radius 1 is 1.09 bits per heavy atom. The van der Waals surface area contributed by atoms with Crippen LogP contribution in [0, 0.1) is 5.92 Å². The second-order valence-corrected chi connectivity index (χ2v) is 5.02. The Kier molecular flexibility index (Phi) is 4.21. The lowest BCUT2D eigenvalue weighted by Gasteiger charge is -2.24. The van der Waals surface area contributed by atoms with Crippen molar-refractivity contribution in [3.8, 4) is 17.2 Å². The highest BCUT2D eigenvalue weighted by atomic mass is 16.5. The van der Waals surface area contributed by atoms with E-state index in [1.165, 1.54) is 0 Å². The minimum Gasteiger partial charge on any atom is -0.504 e. The molecule has 1 aliphatic carbocycles. The van der Waals surface area contributed by atoms with Crippen molar-refractivity contribution in [2.24, 2.45) is 5.92 Å². The highest BCUT2D eigenvalue weighted by Crippen LogP contribution is 2.35. The zero-order chi connectivity index (χ0) is 17.3. The van der Waals surface area contributed by atoms with Crippen molar-refractivity contribution in [3.63, 3.8) is 0 Å². The lowest BCUT2D eigenvalue weighted by Crippen LogP contribution is -2.42. The first kappa shape index (κ1) is 16.3. The topological polar surface area (TPSA) is 158 Å². The third kappa shape index (κ3) is 3.23. The molecule has 23 heavy (non-hydrogen) atoms. The zero-order valence-electron chi connectivity index (χ0n) is 11.6. The van der Waals surface area contributed by atoms with Gasteiger partial charge >= 0.3 is 11.9 Å². The van der Waals surface area contributed by atoms with Crippen LogP contribution in [-0.2, 0) is 19.1 Å². The van der Waals surface area contributed by atoms with Gasteiger partial charge in [0.05, 0.1) is 11.5 Å². The zero-order valence-corrected chi connectivity index (χ0v) is 11.6. The first-order valence-electron chi connectivity index (χ1n) is 6.46. The number of Topliss-reactive ketones (excluding diaryl/α,β-unsaturated/α-hetero) is 2. The van der Waals surface area contributed by atoms with Crippen molar-refractivity contribution in [1.29, 1.82) is 0 Å². The van der Waals surface area contributed by atoms with Gasteiger partial charge in [0.2, 0.25) is 11.6 Å². The van der Waals surface area contributed by atoms with Gasteiger partial charge in [0.25, 0.3) is 0 Å². The summed E-state index contributed by atoms with van der Waals surface area (Å²) in [7, 11) is 0. The predicted octanol–water partition coefficient (Wildman–Crippen LogP) is -0.0384. The fourth-order valence-corrected chi connectivity index (χ4v) is 2.16. The number of hydrogen-bond donors (Lipinski definition) is 4. The number of carbonyl (C=O) groups is 4. The van der Waals surface area contributed by atoms with Crippen LogP contribution in [0.4, 0.5) is 0 Å². The van der Waals surface area contributed by atoms with E-state index in [0.717, 1.165) is 12.1 Å². The van der Waals surface area contributed by atoms with Gasteiger partial charge in [-0.15, -0.1) is 0 Å². The second-order valence-electron chi connectivity index (χ2n) is 5.02. The third-order valence-corrected chi connectivity index (χ3v) is 3.40. The molecule has 0 bridgehead atoms. The van der Waals surface area contributed by atoms with Crippen molar-refractivity contribution in [2.45, 2.75) is 18.9 Å². The molecule has 1 aliphatic rings. The van der Waals surface area contributed by atoms with Gasteiger partial charge in [0.15, 0.2) is 23.4 Å². The van der Waals surface area contributed by atoms with E-state index >= 15 is 0 Å². The average Bonchev–Trinajstić information content (AvgIpc) is 2.48.